The third-order valence-corrected chi connectivity index (χ3v) is 3.32. The normalized spacial score (nSPS) is 18.7. The molecule has 1 atom stereocenters. The molecule has 0 radical (unpaired) electrons. The van der Waals surface area contributed by atoms with E-state index in [2.05, 4.69) is 16.0 Å². The molecule has 0 aromatic heterocycles. The molecule has 102 valence electrons. The van der Waals surface area contributed by atoms with Gasteiger partial charge in [-0.2, -0.15) is 0 Å². The van der Waals surface area contributed by atoms with Crippen LogP contribution < -0.4 is 16.0 Å². The molecule has 1 aromatic carbocycles. The number of hydrogen-bond donors (Lipinski definition) is 3. The van der Waals surface area contributed by atoms with Gasteiger partial charge in [-0.1, -0.05) is 12.1 Å². The maximum absolute atomic E-state index is 12.1. The maximum Gasteiger partial charge on any atom is 0.253 e. The molecule has 0 aliphatic carbocycles. The first-order chi connectivity index (χ1) is 9.22. The first-order valence-electron chi connectivity index (χ1n) is 6.55. The number of piperidine rings is 1. The van der Waals surface area contributed by atoms with Crippen LogP contribution in [0.25, 0.3) is 0 Å². The van der Waals surface area contributed by atoms with Gasteiger partial charge in [0.15, 0.2) is 0 Å². The molecule has 2 rings (SSSR count). The summed E-state index contributed by atoms with van der Waals surface area (Å²) in [6, 6.07) is 7.04. The number of amides is 2. The summed E-state index contributed by atoms with van der Waals surface area (Å²) in [6.07, 6.45) is 1.90. The Bertz CT molecular complexity index is 468. The summed E-state index contributed by atoms with van der Waals surface area (Å²) >= 11 is 0. The fourth-order valence-electron chi connectivity index (χ4n) is 2.24. The van der Waals surface area contributed by atoms with Gasteiger partial charge in [-0.05, 0) is 31.5 Å². The van der Waals surface area contributed by atoms with Crippen molar-refractivity contribution in [1.82, 2.24) is 10.6 Å². The van der Waals surface area contributed by atoms with Gasteiger partial charge in [-0.15, -0.1) is 0 Å². The van der Waals surface area contributed by atoms with E-state index >= 15 is 0 Å². The quantitative estimate of drug-likeness (QED) is 0.759. The van der Waals surface area contributed by atoms with Crippen LogP contribution in [0.4, 0.5) is 5.69 Å². The molecular formula is C14H19N3O2. The second kappa shape index (κ2) is 6.33. The van der Waals surface area contributed by atoms with Crippen LogP contribution >= 0.6 is 0 Å². The minimum Gasteiger partial charge on any atom is -0.355 e. The fourth-order valence-corrected chi connectivity index (χ4v) is 2.24. The predicted molar refractivity (Wildman–Crippen MR) is 74.1 cm³/mol. The van der Waals surface area contributed by atoms with Crippen LogP contribution in [0.15, 0.2) is 24.3 Å². The van der Waals surface area contributed by atoms with E-state index in [0.717, 1.165) is 19.4 Å². The van der Waals surface area contributed by atoms with Crippen LogP contribution in [-0.4, -0.2) is 32.0 Å². The molecule has 1 aromatic rings. The number of rotatable bonds is 3. The molecule has 1 heterocycles. The van der Waals surface area contributed by atoms with Crippen molar-refractivity contribution in [2.24, 2.45) is 5.92 Å². The lowest BCUT2D eigenvalue weighted by atomic mass is 9.98. The summed E-state index contributed by atoms with van der Waals surface area (Å²) in [6.45, 7) is 1.67. The first kappa shape index (κ1) is 13.5. The smallest absolute Gasteiger partial charge is 0.253 e. The predicted octanol–water partition coefficient (Wildman–Crippen LogP) is 0.984. The zero-order valence-electron chi connectivity index (χ0n) is 11.0. The SMILES string of the molecule is CNC(=O)c1ccccc1NC(=O)[C@@H]1CCCNC1. The molecule has 1 fully saturated rings. The number of carbonyl (C=O) groups excluding carboxylic acids is 2. The third kappa shape index (κ3) is 3.32. The Morgan fingerprint density at radius 1 is 1.32 bits per heavy atom. The Kier molecular flexibility index (Phi) is 4.52. The Hall–Kier alpha value is -1.88. The average Bonchev–Trinajstić information content (AvgIpc) is 2.48. The van der Waals surface area contributed by atoms with Crippen molar-refractivity contribution in [3.8, 4) is 0 Å². The molecule has 3 N–H and O–H groups in total. The second-order valence-corrected chi connectivity index (χ2v) is 4.66. The van der Waals surface area contributed by atoms with E-state index in [1.54, 1.807) is 31.3 Å². The molecule has 0 bridgehead atoms. The van der Waals surface area contributed by atoms with Gasteiger partial charge in [0.25, 0.3) is 5.91 Å². The summed E-state index contributed by atoms with van der Waals surface area (Å²) in [7, 11) is 1.58. The monoisotopic (exact) mass is 261 g/mol. The minimum absolute atomic E-state index is 0.0218. The second-order valence-electron chi connectivity index (χ2n) is 4.66. The lowest BCUT2D eigenvalue weighted by Crippen LogP contribution is -2.37. The number of anilines is 1. The van der Waals surface area contributed by atoms with Crippen LogP contribution in [0.1, 0.15) is 23.2 Å². The summed E-state index contributed by atoms with van der Waals surface area (Å²) in [5, 5.41) is 8.64. The van der Waals surface area contributed by atoms with Gasteiger partial charge in [0.2, 0.25) is 5.91 Å². The van der Waals surface area contributed by atoms with Gasteiger partial charge in [0, 0.05) is 13.6 Å². The molecule has 1 aliphatic heterocycles. The van der Waals surface area contributed by atoms with E-state index in [-0.39, 0.29) is 17.7 Å². The van der Waals surface area contributed by atoms with Gasteiger partial charge in [-0.3, -0.25) is 9.59 Å². The molecule has 0 unspecified atom stereocenters. The topological polar surface area (TPSA) is 70.2 Å². The Labute approximate surface area is 112 Å². The average molecular weight is 261 g/mol. The Balaban J connectivity index is 2.09. The van der Waals surface area contributed by atoms with Crippen molar-refractivity contribution in [2.75, 3.05) is 25.5 Å². The van der Waals surface area contributed by atoms with Gasteiger partial charge in [0.1, 0.15) is 0 Å². The first-order valence-corrected chi connectivity index (χ1v) is 6.55. The lowest BCUT2D eigenvalue weighted by molar-refractivity contribution is -0.120. The molecule has 5 nitrogen and oxygen atoms in total. The summed E-state index contributed by atoms with van der Waals surface area (Å²) in [5.74, 6) is -0.243. The van der Waals surface area contributed by atoms with Crippen LogP contribution in [0.2, 0.25) is 0 Å². The van der Waals surface area contributed by atoms with Crippen LogP contribution in [0.5, 0.6) is 0 Å². The number of benzene rings is 1. The standard InChI is InChI=1S/C14H19N3O2/c1-15-14(19)11-6-2-3-7-12(11)17-13(18)10-5-4-8-16-9-10/h2-3,6-7,10,16H,4-5,8-9H2,1H3,(H,15,19)(H,17,18)/t10-/m1/s1. The zero-order chi connectivity index (χ0) is 13.7. The largest absolute Gasteiger partial charge is 0.355 e. The van der Waals surface area contributed by atoms with Gasteiger partial charge in [-0.25, -0.2) is 0 Å². The van der Waals surface area contributed by atoms with E-state index < -0.39 is 0 Å². The molecular weight excluding hydrogens is 242 g/mol. The van der Waals surface area contributed by atoms with Crippen molar-refractivity contribution in [1.29, 1.82) is 0 Å². The number of para-hydroxylation sites is 1. The van der Waals surface area contributed by atoms with Crippen molar-refractivity contribution < 1.29 is 9.59 Å². The minimum atomic E-state index is -0.197. The van der Waals surface area contributed by atoms with Crippen LogP contribution in [0, 0.1) is 5.92 Å². The maximum atomic E-state index is 12.1. The number of nitrogens with one attached hydrogen (secondary N) is 3. The highest BCUT2D eigenvalue weighted by Crippen LogP contribution is 2.18. The Morgan fingerprint density at radius 3 is 2.79 bits per heavy atom. The summed E-state index contributed by atoms with van der Waals surface area (Å²) in [4.78, 5) is 23.9. The van der Waals surface area contributed by atoms with Crippen LogP contribution in [0.3, 0.4) is 0 Å². The van der Waals surface area contributed by atoms with E-state index in [1.165, 1.54) is 0 Å². The van der Waals surface area contributed by atoms with Gasteiger partial charge in [0.05, 0.1) is 17.2 Å². The Morgan fingerprint density at radius 2 is 2.11 bits per heavy atom. The fraction of sp³-hybridized carbons (Fsp3) is 0.429. The van der Waals surface area contributed by atoms with E-state index in [9.17, 15) is 9.59 Å². The number of hydrogen-bond acceptors (Lipinski definition) is 3. The van der Waals surface area contributed by atoms with Crippen molar-refractivity contribution in [3.63, 3.8) is 0 Å². The molecule has 1 saturated heterocycles. The highest BCUT2D eigenvalue weighted by atomic mass is 16.2. The molecule has 19 heavy (non-hydrogen) atoms. The molecule has 2 amide bonds. The summed E-state index contributed by atoms with van der Waals surface area (Å²) < 4.78 is 0. The highest BCUT2D eigenvalue weighted by molar-refractivity contribution is 6.04. The molecule has 1 aliphatic rings. The van der Waals surface area contributed by atoms with Crippen molar-refractivity contribution in [3.05, 3.63) is 29.8 Å². The third-order valence-electron chi connectivity index (χ3n) is 3.32. The van der Waals surface area contributed by atoms with Gasteiger partial charge < -0.3 is 16.0 Å². The van der Waals surface area contributed by atoms with E-state index in [4.69, 9.17) is 0 Å². The van der Waals surface area contributed by atoms with Crippen LogP contribution in [-0.2, 0) is 4.79 Å². The molecule has 0 spiro atoms. The number of carbonyl (C=O) groups is 2. The molecule has 0 saturated carbocycles. The lowest BCUT2D eigenvalue weighted by Gasteiger charge is -2.22. The van der Waals surface area contributed by atoms with Gasteiger partial charge >= 0.3 is 0 Å². The van der Waals surface area contributed by atoms with Crippen molar-refractivity contribution >= 4 is 17.5 Å². The molecule has 5 heteroatoms. The summed E-state index contributed by atoms with van der Waals surface area (Å²) in [5.41, 5.74) is 1.06. The van der Waals surface area contributed by atoms with E-state index in [1.807, 2.05) is 0 Å². The zero-order valence-corrected chi connectivity index (χ0v) is 11.0. The van der Waals surface area contributed by atoms with Crippen molar-refractivity contribution in [2.45, 2.75) is 12.8 Å². The highest BCUT2D eigenvalue weighted by Gasteiger charge is 2.22. The van der Waals surface area contributed by atoms with E-state index in [0.29, 0.717) is 17.8 Å².